The van der Waals surface area contributed by atoms with Crippen LogP contribution in [0.2, 0.25) is 0 Å². The first-order valence-electron chi connectivity index (χ1n) is 12.6. The zero-order valence-electron chi connectivity index (χ0n) is 22.1. The number of para-hydroxylation sites is 2. The molecular weight excluding hydrogens is 592 g/mol. The Kier molecular flexibility index (Phi) is 8.95. The Bertz CT molecular complexity index is 1680. The SMILES string of the molecule is CCCc1nc2c(C)cc(-c3nc4ccccc4n3C)cc2n1Cc1ccc(-c2[c-]cccc2)cc1.[I-].[Mg+2]. The number of fused-ring (bicyclic) bond motifs is 2. The van der Waals surface area contributed by atoms with Crippen LogP contribution >= 0.6 is 0 Å². The molecule has 4 aromatic carbocycles. The van der Waals surface area contributed by atoms with E-state index in [1.165, 1.54) is 22.2 Å². The van der Waals surface area contributed by atoms with Crippen molar-refractivity contribution in [3.05, 3.63) is 108 Å². The van der Waals surface area contributed by atoms with Crippen molar-refractivity contribution in [3.8, 4) is 22.5 Å². The van der Waals surface area contributed by atoms with Gasteiger partial charge in [-0.1, -0.05) is 48.9 Å². The van der Waals surface area contributed by atoms with Crippen LogP contribution in [0, 0.1) is 13.0 Å². The molecule has 0 saturated heterocycles. The van der Waals surface area contributed by atoms with Crippen LogP contribution in [0.4, 0.5) is 0 Å². The number of aromatic nitrogens is 4. The largest absolute Gasteiger partial charge is 2.00 e. The molecule has 0 unspecified atom stereocenters. The summed E-state index contributed by atoms with van der Waals surface area (Å²) in [7, 11) is 2.09. The normalized spacial score (nSPS) is 10.9. The van der Waals surface area contributed by atoms with Gasteiger partial charge in [-0.25, -0.2) is 9.97 Å². The first kappa shape index (κ1) is 28.3. The predicted molar refractivity (Wildman–Crippen MR) is 154 cm³/mol. The third kappa shape index (κ3) is 5.26. The monoisotopic (exact) mass is 620 g/mol. The number of aryl methyl sites for hydroxylation is 3. The number of rotatable bonds is 6. The van der Waals surface area contributed by atoms with E-state index in [2.05, 4.69) is 103 Å². The van der Waals surface area contributed by atoms with Crippen molar-refractivity contribution in [1.29, 1.82) is 0 Å². The Labute approximate surface area is 257 Å². The molecule has 0 spiro atoms. The van der Waals surface area contributed by atoms with E-state index in [-0.39, 0.29) is 47.0 Å². The van der Waals surface area contributed by atoms with Crippen molar-refractivity contribution >= 4 is 45.1 Å². The summed E-state index contributed by atoms with van der Waals surface area (Å²) in [6.07, 6.45) is 2.01. The van der Waals surface area contributed by atoms with Crippen LogP contribution in [0.25, 0.3) is 44.6 Å². The predicted octanol–water partition coefficient (Wildman–Crippen LogP) is 3.99. The van der Waals surface area contributed by atoms with Gasteiger partial charge in [-0.2, -0.15) is 0 Å². The molecule has 0 aliphatic heterocycles. The number of hydrogen-bond acceptors (Lipinski definition) is 2. The molecule has 0 radical (unpaired) electrons. The zero-order chi connectivity index (χ0) is 24.6. The number of imidazole rings is 2. The minimum absolute atomic E-state index is 0. The molecule has 0 fully saturated rings. The molecule has 2 aromatic heterocycles. The summed E-state index contributed by atoms with van der Waals surface area (Å²) in [5, 5.41) is 0. The Morgan fingerprint density at radius 2 is 1.61 bits per heavy atom. The van der Waals surface area contributed by atoms with Gasteiger partial charge in [0.05, 0.1) is 22.1 Å². The van der Waals surface area contributed by atoms with Gasteiger partial charge < -0.3 is 33.1 Å². The molecule has 0 saturated carbocycles. The maximum Gasteiger partial charge on any atom is 2.00 e. The summed E-state index contributed by atoms with van der Waals surface area (Å²) >= 11 is 0. The van der Waals surface area contributed by atoms with Crippen LogP contribution in [-0.2, 0) is 20.0 Å². The van der Waals surface area contributed by atoms with Crippen LogP contribution in [-0.4, -0.2) is 42.2 Å². The topological polar surface area (TPSA) is 35.6 Å². The minimum Gasteiger partial charge on any atom is -1.00 e. The van der Waals surface area contributed by atoms with E-state index in [4.69, 9.17) is 9.97 Å². The average molecular weight is 621 g/mol. The van der Waals surface area contributed by atoms with Crippen molar-refractivity contribution in [3.63, 3.8) is 0 Å². The van der Waals surface area contributed by atoms with Gasteiger partial charge in [0.15, 0.2) is 0 Å². The summed E-state index contributed by atoms with van der Waals surface area (Å²) in [4.78, 5) is 10.1. The molecule has 0 atom stereocenters. The first-order valence-corrected chi connectivity index (χ1v) is 12.6. The summed E-state index contributed by atoms with van der Waals surface area (Å²) in [6.45, 7) is 5.16. The molecule has 6 rings (SSSR count). The minimum atomic E-state index is 0. The molecule has 6 heteroatoms. The number of benzene rings is 4. The van der Waals surface area contributed by atoms with Gasteiger partial charge in [-0.15, -0.1) is 35.9 Å². The fraction of sp³-hybridized carbons (Fsp3) is 0.188. The van der Waals surface area contributed by atoms with Gasteiger partial charge in [-0.05, 0) is 48.7 Å². The fourth-order valence-corrected chi connectivity index (χ4v) is 5.11. The second-order valence-electron chi connectivity index (χ2n) is 9.48. The van der Waals surface area contributed by atoms with Crippen LogP contribution in [0.3, 0.4) is 0 Å². The Morgan fingerprint density at radius 1 is 0.842 bits per heavy atom. The fourth-order valence-electron chi connectivity index (χ4n) is 5.11. The number of hydrogen-bond donors (Lipinski definition) is 0. The van der Waals surface area contributed by atoms with E-state index in [9.17, 15) is 0 Å². The molecule has 38 heavy (non-hydrogen) atoms. The molecule has 0 N–H and O–H groups in total. The molecular formula is C32H29IMgN4. The van der Waals surface area contributed by atoms with E-state index in [1.54, 1.807) is 0 Å². The third-order valence-corrected chi connectivity index (χ3v) is 6.96. The smallest absolute Gasteiger partial charge is 1.00 e. The van der Waals surface area contributed by atoms with E-state index < -0.39 is 0 Å². The second kappa shape index (κ2) is 12.0. The van der Waals surface area contributed by atoms with Crippen molar-refractivity contribution in [1.82, 2.24) is 19.1 Å². The number of halogens is 1. The summed E-state index contributed by atoms with van der Waals surface area (Å²) < 4.78 is 4.57. The van der Waals surface area contributed by atoms with Gasteiger partial charge in [0.25, 0.3) is 0 Å². The molecule has 0 bridgehead atoms. The molecule has 4 nitrogen and oxygen atoms in total. The van der Waals surface area contributed by atoms with Gasteiger partial charge in [-0.3, -0.25) is 0 Å². The van der Waals surface area contributed by atoms with Gasteiger partial charge in [0, 0.05) is 25.6 Å². The average Bonchev–Trinajstić information content (AvgIpc) is 3.43. The van der Waals surface area contributed by atoms with E-state index >= 15 is 0 Å². The maximum atomic E-state index is 5.09. The molecule has 0 aliphatic carbocycles. The van der Waals surface area contributed by atoms with Crippen molar-refractivity contribution in [2.24, 2.45) is 7.05 Å². The summed E-state index contributed by atoms with van der Waals surface area (Å²) in [6, 6.07) is 33.1. The van der Waals surface area contributed by atoms with E-state index in [0.717, 1.165) is 58.7 Å². The Hall–Kier alpha value is -2.68. The summed E-state index contributed by atoms with van der Waals surface area (Å²) in [5.41, 5.74) is 10.3. The first-order chi connectivity index (χ1) is 17.6. The van der Waals surface area contributed by atoms with Crippen molar-refractivity contribution in [2.75, 3.05) is 0 Å². The molecule has 6 aromatic rings. The quantitative estimate of drug-likeness (QED) is 0.161. The van der Waals surface area contributed by atoms with Crippen molar-refractivity contribution < 1.29 is 24.0 Å². The molecule has 0 aliphatic rings. The van der Waals surface area contributed by atoms with Crippen LogP contribution < -0.4 is 24.0 Å². The van der Waals surface area contributed by atoms with Gasteiger partial charge in [0.1, 0.15) is 11.6 Å². The summed E-state index contributed by atoms with van der Waals surface area (Å²) in [5.74, 6) is 2.12. The van der Waals surface area contributed by atoms with Crippen molar-refractivity contribution in [2.45, 2.75) is 33.2 Å². The Balaban J connectivity index is 0.00000168. The van der Waals surface area contributed by atoms with Crippen LogP contribution in [0.1, 0.15) is 30.3 Å². The van der Waals surface area contributed by atoms with Crippen LogP contribution in [0.15, 0.2) is 84.9 Å². The zero-order valence-corrected chi connectivity index (χ0v) is 25.6. The van der Waals surface area contributed by atoms with E-state index in [0.29, 0.717) is 0 Å². The van der Waals surface area contributed by atoms with E-state index in [1.807, 2.05) is 18.2 Å². The molecule has 2 heterocycles. The molecule has 0 amide bonds. The standard InChI is InChI=1S/C32H29N4.HI.Mg/c1-4-10-30-34-31-22(2)19-26(32-33-27-13-8-9-14-28(27)35(32)3)20-29(31)36(30)21-23-15-17-25(18-16-23)24-11-6-5-7-12-24;;/h5-9,11,13-20H,4,10,21H2,1-3H3;1H;/q-1;;+2/p-1. The number of nitrogens with zero attached hydrogens (tertiary/aromatic N) is 4. The van der Waals surface area contributed by atoms with Crippen LogP contribution in [0.5, 0.6) is 0 Å². The van der Waals surface area contributed by atoms with Gasteiger partial charge in [0.2, 0.25) is 0 Å². The maximum absolute atomic E-state index is 5.09. The second-order valence-corrected chi connectivity index (χ2v) is 9.48. The Morgan fingerprint density at radius 3 is 2.32 bits per heavy atom. The third-order valence-electron chi connectivity index (χ3n) is 6.96. The molecule has 186 valence electrons. The van der Waals surface area contributed by atoms with Gasteiger partial charge >= 0.3 is 23.1 Å².